The molecule has 0 aliphatic carbocycles. The van der Waals surface area contributed by atoms with E-state index in [-0.39, 0.29) is 55.5 Å². The molecule has 0 radical (unpaired) electrons. The number of hydrogen-bond donors (Lipinski definition) is 4. The first-order chi connectivity index (χ1) is 21.6. The van der Waals surface area contributed by atoms with Crippen LogP contribution in [0.5, 0.6) is 0 Å². The van der Waals surface area contributed by atoms with E-state index in [1.165, 1.54) is 17.0 Å². The van der Waals surface area contributed by atoms with E-state index in [9.17, 15) is 24.0 Å². The van der Waals surface area contributed by atoms with Crippen molar-refractivity contribution in [1.82, 2.24) is 15.5 Å². The van der Waals surface area contributed by atoms with E-state index in [0.717, 1.165) is 11.1 Å². The Morgan fingerprint density at radius 2 is 1.58 bits per heavy atom. The molecule has 2 atom stereocenters. The van der Waals surface area contributed by atoms with Gasteiger partial charge in [0.1, 0.15) is 12.1 Å². The van der Waals surface area contributed by atoms with Crippen molar-refractivity contribution in [2.75, 3.05) is 11.9 Å². The first-order valence-electron chi connectivity index (χ1n) is 14.6. The molecule has 45 heavy (non-hydrogen) atoms. The van der Waals surface area contributed by atoms with Crippen LogP contribution in [0.1, 0.15) is 53.6 Å². The van der Waals surface area contributed by atoms with E-state index in [1.807, 2.05) is 24.3 Å². The number of ketones is 1. The molecule has 0 saturated heterocycles. The molecule has 3 aromatic rings. The number of fused-ring (bicyclic) bond motifs is 1. The van der Waals surface area contributed by atoms with E-state index in [4.69, 9.17) is 28.3 Å². The van der Waals surface area contributed by atoms with Crippen molar-refractivity contribution in [3.8, 4) is 0 Å². The molecule has 0 saturated carbocycles. The number of hydrogen-bond acceptors (Lipinski definition) is 5. The molecule has 0 fully saturated rings. The Morgan fingerprint density at radius 1 is 0.867 bits per heavy atom. The molecule has 10 nitrogen and oxygen atoms in total. The van der Waals surface area contributed by atoms with E-state index < -0.39 is 30.0 Å². The van der Waals surface area contributed by atoms with Gasteiger partial charge in [-0.15, -0.1) is 0 Å². The largest absolute Gasteiger partial charge is 0.465 e. The van der Waals surface area contributed by atoms with Crippen LogP contribution >= 0.6 is 23.2 Å². The molecule has 4 amide bonds. The van der Waals surface area contributed by atoms with Crippen LogP contribution in [0.2, 0.25) is 10.0 Å². The van der Waals surface area contributed by atoms with Crippen LogP contribution in [0.3, 0.4) is 0 Å². The third kappa shape index (κ3) is 9.54. The lowest BCUT2D eigenvalue weighted by molar-refractivity contribution is -0.142. The lowest BCUT2D eigenvalue weighted by atomic mass is 9.92. The highest BCUT2D eigenvalue weighted by Gasteiger charge is 2.36. The molecule has 0 aromatic heterocycles. The van der Waals surface area contributed by atoms with Gasteiger partial charge in [-0.3, -0.25) is 19.2 Å². The maximum Gasteiger partial charge on any atom is 0.404 e. The second kappa shape index (κ2) is 16.1. The van der Waals surface area contributed by atoms with Crippen molar-refractivity contribution in [3.05, 3.63) is 99.5 Å². The highest BCUT2D eigenvalue weighted by atomic mass is 35.5. The van der Waals surface area contributed by atoms with Gasteiger partial charge in [0.05, 0.1) is 10.0 Å². The summed E-state index contributed by atoms with van der Waals surface area (Å²) < 4.78 is 0. The summed E-state index contributed by atoms with van der Waals surface area (Å²) in [7, 11) is 0. The van der Waals surface area contributed by atoms with Crippen molar-refractivity contribution < 1.29 is 29.1 Å². The number of nitrogens with zero attached hydrogens (tertiary/aromatic N) is 1. The highest BCUT2D eigenvalue weighted by Crippen LogP contribution is 2.27. The minimum atomic E-state index is -1.15. The minimum Gasteiger partial charge on any atom is -0.465 e. The van der Waals surface area contributed by atoms with Crippen LogP contribution in [0.15, 0.2) is 72.8 Å². The molecule has 3 aromatic carbocycles. The Hall–Kier alpha value is -4.41. The van der Waals surface area contributed by atoms with E-state index in [1.54, 1.807) is 36.4 Å². The van der Waals surface area contributed by atoms with Crippen molar-refractivity contribution in [1.29, 1.82) is 0 Å². The lowest BCUT2D eigenvalue weighted by Crippen LogP contribution is -2.56. The number of nitrogens with one attached hydrogen (secondary N) is 3. The zero-order chi connectivity index (χ0) is 32.3. The number of benzene rings is 3. The standard InChI is InChI=1S/C33H34Cl2N4O6/c34-25-14-13-24(19-26(25)35)37-31(42)27(12-6-7-17-36-33(44)45)38-32(43)28-18-22-10-4-5-11-23(22)20-39(28)30(41)16-15-29(40)21-8-2-1-3-9-21/h1-5,8-11,13-14,19,27-28,36H,6-7,12,15-18,20H2,(H,37,42)(H,38,43)(H,44,45). The van der Waals surface area contributed by atoms with Gasteiger partial charge in [0.15, 0.2) is 5.78 Å². The molecule has 1 aliphatic heterocycles. The van der Waals surface area contributed by atoms with Gasteiger partial charge in [-0.1, -0.05) is 77.8 Å². The van der Waals surface area contributed by atoms with Crippen molar-refractivity contribution in [2.24, 2.45) is 0 Å². The second-order valence-electron chi connectivity index (χ2n) is 10.7. The third-order valence-electron chi connectivity index (χ3n) is 7.55. The molecule has 1 aliphatic rings. The second-order valence-corrected chi connectivity index (χ2v) is 11.5. The third-order valence-corrected chi connectivity index (χ3v) is 8.29. The van der Waals surface area contributed by atoms with Gasteiger partial charge in [0.25, 0.3) is 0 Å². The Kier molecular flexibility index (Phi) is 11.9. The summed E-state index contributed by atoms with van der Waals surface area (Å²) >= 11 is 12.1. The summed E-state index contributed by atoms with van der Waals surface area (Å²) in [6.45, 7) is 0.376. The smallest absolute Gasteiger partial charge is 0.404 e. The van der Waals surface area contributed by atoms with Gasteiger partial charge in [-0.2, -0.15) is 0 Å². The fraction of sp³-hybridized carbons (Fsp3) is 0.303. The normalized spacial score (nSPS) is 14.5. The van der Waals surface area contributed by atoms with E-state index in [2.05, 4.69) is 16.0 Å². The van der Waals surface area contributed by atoms with E-state index >= 15 is 0 Å². The summed E-state index contributed by atoms with van der Waals surface area (Å²) in [4.78, 5) is 65.7. The summed E-state index contributed by atoms with van der Waals surface area (Å²) in [5.74, 6) is -1.52. The maximum absolute atomic E-state index is 13.8. The van der Waals surface area contributed by atoms with Crippen LogP contribution < -0.4 is 16.0 Å². The fourth-order valence-corrected chi connectivity index (χ4v) is 5.46. The van der Waals surface area contributed by atoms with Crippen LogP contribution in [0.4, 0.5) is 10.5 Å². The fourth-order valence-electron chi connectivity index (χ4n) is 5.16. The Morgan fingerprint density at radius 3 is 2.29 bits per heavy atom. The quantitative estimate of drug-likeness (QED) is 0.142. The van der Waals surface area contributed by atoms with Crippen LogP contribution in [-0.2, 0) is 27.3 Å². The lowest BCUT2D eigenvalue weighted by Gasteiger charge is -2.37. The number of carboxylic acid groups (broad SMARTS) is 1. The molecule has 0 spiro atoms. The number of rotatable bonds is 13. The molecule has 4 rings (SSSR count). The Labute approximate surface area is 271 Å². The minimum absolute atomic E-state index is 0.00556. The molecule has 0 bridgehead atoms. The first-order valence-corrected chi connectivity index (χ1v) is 15.4. The maximum atomic E-state index is 13.8. The van der Waals surface area contributed by atoms with Crippen molar-refractivity contribution in [3.63, 3.8) is 0 Å². The average Bonchev–Trinajstić information content (AvgIpc) is 3.04. The molecule has 2 unspecified atom stereocenters. The number of amides is 4. The zero-order valence-electron chi connectivity index (χ0n) is 24.4. The van der Waals surface area contributed by atoms with Gasteiger partial charge < -0.3 is 26.0 Å². The molecular weight excluding hydrogens is 619 g/mol. The van der Waals surface area contributed by atoms with Gasteiger partial charge in [-0.05, 0) is 48.6 Å². The van der Waals surface area contributed by atoms with Crippen LogP contribution in [0.25, 0.3) is 0 Å². The number of carbonyl (C=O) groups excluding carboxylic acids is 4. The Balaban J connectivity index is 1.50. The summed E-state index contributed by atoms with van der Waals surface area (Å²) in [5, 5.41) is 17.3. The summed E-state index contributed by atoms with van der Waals surface area (Å²) in [6, 6.07) is 19.0. The number of carbonyl (C=O) groups is 5. The number of Topliss-reactive ketones (excluding diaryl/α,β-unsaturated/α-hetero) is 1. The Bertz CT molecular complexity index is 1550. The summed E-state index contributed by atoms with van der Waals surface area (Å²) in [6.07, 6.45) is 0.0942. The first kappa shape index (κ1) is 33.5. The predicted molar refractivity (Wildman–Crippen MR) is 171 cm³/mol. The van der Waals surface area contributed by atoms with Gasteiger partial charge in [0, 0.05) is 43.6 Å². The van der Waals surface area contributed by atoms with E-state index in [0.29, 0.717) is 29.1 Å². The zero-order valence-corrected chi connectivity index (χ0v) is 25.9. The van der Waals surface area contributed by atoms with Crippen LogP contribution in [-0.4, -0.2) is 58.2 Å². The van der Waals surface area contributed by atoms with Gasteiger partial charge in [-0.25, -0.2) is 4.79 Å². The number of halogens is 2. The van der Waals surface area contributed by atoms with Crippen molar-refractivity contribution >= 4 is 58.5 Å². The van der Waals surface area contributed by atoms with Gasteiger partial charge >= 0.3 is 6.09 Å². The monoisotopic (exact) mass is 652 g/mol. The molecule has 1 heterocycles. The van der Waals surface area contributed by atoms with Crippen LogP contribution in [0, 0.1) is 0 Å². The molecule has 236 valence electrons. The molecular formula is C33H34Cl2N4O6. The highest BCUT2D eigenvalue weighted by molar-refractivity contribution is 6.42. The topological polar surface area (TPSA) is 145 Å². The predicted octanol–water partition coefficient (Wildman–Crippen LogP) is 5.47. The van der Waals surface area contributed by atoms with Crippen molar-refractivity contribution in [2.45, 2.75) is 57.2 Å². The van der Waals surface area contributed by atoms with Gasteiger partial charge in [0.2, 0.25) is 17.7 Å². The number of unbranched alkanes of at least 4 members (excludes halogenated alkanes) is 1. The number of anilines is 1. The summed E-state index contributed by atoms with van der Waals surface area (Å²) in [5.41, 5.74) is 2.72. The molecule has 4 N–H and O–H groups in total. The molecule has 12 heteroatoms. The SMILES string of the molecule is O=C(O)NCCCCC(NC(=O)C1Cc2ccccc2CN1C(=O)CCC(=O)c1ccccc1)C(=O)Nc1ccc(Cl)c(Cl)c1. The average molecular weight is 654 g/mol.